The van der Waals surface area contributed by atoms with Crippen molar-refractivity contribution in [2.24, 2.45) is 0 Å². The Kier molecular flexibility index (Phi) is 3.21. The van der Waals surface area contributed by atoms with E-state index in [4.69, 9.17) is 0 Å². The zero-order valence-electron chi connectivity index (χ0n) is 10.5. The number of nitrogens with zero attached hydrogens (tertiary/aromatic N) is 2. The van der Waals surface area contributed by atoms with Crippen LogP contribution >= 0.6 is 0 Å². The number of anilines is 1. The Hall–Kier alpha value is -1.88. The molecule has 100 valence electrons. The van der Waals surface area contributed by atoms with Gasteiger partial charge in [-0.15, -0.1) is 0 Å². The predicted molar refractivity (Wildman–Crippen MR) is 70.3 cm³/mol. The lowest BCUT2D eigenvalue weighted by Gasteiger charge is -2.19. The first-order chi connectivity index (χ1) is 9.28. The molecule has 0 bridgehead atoms. The van der Waals surface area contributed by atoms with Gasteiger partial charge in [-0.3, -0.25) is 0 Å². The van der Waals surface area contributed by atoms with Crippen molar-refractivity contribution in [3.8, 4) is 0 Å². The van der Waals surface area contributed by atoms with E-state index in [0.717, 1.165) is 24.2 Å². The molecule has 0 saturated heterocycles. The number of benzene rings is 1. The van der Waals surface area contributed by atoms with Gasteiger partial charge in [0.15, 0.2) is 0 Å². The van der Waals surface area contributed by atoms with E-state index < -0.39 is 0 Å². The highest BCUT2D eigenvalue weighted by molar-refractivity contribution is 5.44. The maximum Gasteiger partial charge on any atom is 0.123 e. The van der Waals surface area contributed by atoms with Gasteiger partial charge in [-0.25, -0.2) is 9.37 Å². The van der Waals surface area contributed by atoms with Crippen LogP contribution < -0.4 is 5.32 Å². The third-order valence-electron chi connectivity index (χ3n) is 3.36. The number of hydrogen-bond donors (Lipinski definition) is 2. The summed E-state index contributed by atoms with van der Waals surface area (Å²) < 4.78 is 15.0. The van der Waals surface area contributed by atoms with Crippen LogP contribution in [-0.2, 0) is 0 Å². The number of nitrogens with one attached hydrogen (secondary N) is 1. The Labute approximate surface area is 110 Å². The number of rotatable bonds is 5. The highest BCUT2D eigenvalue weighted by Crippen LogP contribution is 2.37. The van der Waals surface area contributed by atoms with Crippen LogP contribution in [0.3, 0.4) is 0 Å². The molecule has 1 fully saturated rings. The predicted octanol–water partition coefficient (Wildman–Crippen LogP) is 2.50. The van der Waals surface area contributed by atoms with Crippen LogP contribution in [0.1, 0.15) is 30.6 Å². The fourth-order valence-corrected chi connectivity index (χ4v) is 2.20. The number of imidazole rings is 1. The average molecular weight is 261 g/mol. The summed E-state index contributed by atoms with van der Waals surface area (Å²) >= 11 is 0. The molecule has 5 heteroatoms. The lowest BCUT2D eigenvalue weighted by atomic mass is 10.2. The summed E-state index contributed by atoms with van der Waals surface area (Å²) in [5.74, 6) is -0.269. The van der Waals surface area contributed by atoms with Crippen molar-refractivity contribution in [3.05, 3.63) is 48.3 Å². The van der Waals surface area contributed by atoms with Crippen molar-refractivity contribution in [2.75, 3.05) is 11.9 Å². The van der Waals surface area contributed by atoms with Crippen LogP contribution in [0.5, 0.6) is 0 Å². The zero-order chi connectivity index (χ0) is 13.2. The second-order valence-electron chi connectivity index (χ2n) is 4.84. The molecule has 1 saturated carbocycles. The molecule has 1 unspecified atom stereocenters. The van der Waals surface area contributed by atoms with E-state index in [-0.39, 0.29) is 18.5 Å². The van der Waals surface area contributed by atoms with Crippen LogP contribution in [0.15, 0.2) is 36.8 Å². The van der Waals surface area contributed by atoms with Gasteiger partial charge in [0.05, 0.1) is 30.9 Å². The molecule has 19 heavy (non-hydrogen) atoms. The molecule has 0 spiro atoms. The van der Waals surface area contributed by atoms with E-state index in [1.165, 1.54) is 12.1 Å². The van der Waals surface area contributed by atoms with Gasteiger partial charge in [0.1, 0.15) is 5.82 Å². The van der Waals surface area contributed by atoms with Gasteiger partial charge < -0.3 is 15.0 Å². The van der Waals surface area contributed by atoms with Crippen LogP contribution in [0.2, 0.25) is 0 Å². The second kappa shape index (κ2) is 5.01. The van der Waals surface area contributed by atoms with Crippen LogP contribution in [0.4, 0.5) is 10.1 Å². The monoisotopic (exact) mass is 261 g/mol. The van der Waals surface area contributed by atoms with Crippen molar-refractivity contribution in [1.82, 2.24) is 9.55 Å². The van der Waals surface area contributed by atoms with Crippen LogP contribution in [0.25, 0.3) is 0 Å². The van der Waals surface area contributed by atoms with Crippen LogP contribution in [0, 0.1) is 5.82 Å². The van der Waals surface area contributed by atoms with Crippen molar-refractivity contribution in [3.63, 3.8) is 0 Å². The smallest absolute Gasteiger partial charge is 0.123 e. The van der Waals surface area contributed by atoms with Gasteiger partial charge >= 0.3 is 0 Å². The molecule has 1 aromatic carbocycles. The Bertz CT molecular complexity index is 548. The molecule has 0 aliphatic heterocycles. The zero-order valence-corrected chi connectivity index (χ0v) is 10.5. The minimum Gasteiger partial charge on any atom is -0.394 e. The van der Waals surface area contributed by atoms with E-state index in [1.807, 2.05) is 6.33 Å². The second-order valence-corrected chi connectivity index (χ2v) is 4.84. The van der Waals surface area contributed by atoms with E-state index in [1.54, 1.807) is 18.3 Å². The summed E-state index contributed by atoms with van der Waals surface area (Å²) in [6, 6.07) is 6.41. The Balaban J connectivity index is 1.80. The van der Waals surface area contributed by atoms with Crippen molar-refractivity contribution >= 4 is 5.69 Å². The summed E-state index contributed by atoms with van der Waals surface area (Å²) in [6.07, 6.45) is 5.91. The summed E-state index contributed by atoms with van der Waals surface area (Å²) in [5.41, 5.74) is 1.75. The van der Waals surface area contributed by atoms with Gasteiger partial charge in [-0.1, -0.05) is 0 Å². The lowest BCUT2D eigenvalue weighted by molar-refractivity contribution is 0.272. The molecule has 4 nitrogen and oxygen atoms in total. The van der Waals surface area contributed by atoms with Gasteiger partial charge in [0.25, 0.3) is 0 Å². The van der Waals surface area contributed by atoms with E-state index >= 15 is 0 Å². The molecular weight excluding hydrogens is 245 g/mol. The molecule has 2 aromatic rings. The first kappa shape index (κ1) is 12.2. The van der Waals surface area contributed by atoms with Gasteiger partial charge in [-0.05, 0) is 37.1 Å². The summed E-state index contributed by atoms with van der Waals surface area (Å²) in [5, 5.41) is 12.8. The lowest BCUT2D eigenvalue weighted by Crippen LogP contribution is -2.18. The summed E-state index contributed by atoms with van der Waals surface area (Å²) in [7, 11) is 0. The van der Waals surface area contributed by atoms with Crippen molar-refractivity contribution < 1.29 is 9.50 Å². The summed E-state index contributed by atoms with van der Waals surface area (Å²) in [6.45, 7) is -0.0320. The fourth-order valence-electron chi connectivity index (χ4n) is 2.20. The number of halogens is 1. The standard InChI is InChI=1S/C14H16FN3O/c15-10-1-3-11(4-2-10)17-13(8-19)14-7-16-9-18(14)12-5-6-12/h1-4,7,9,12-13,17,19H,5-6,8H2. The van der Waals surface area contributed by atoms with Crippen LogP contribution in [-0.4, -0.2) is 21.3 Å². The summed E-state index contributed by atoms with van der Waals surface area (Å²) in [4.78, 5) is 4.16. The molecule has 1 aliphatic carbocycles. The quantitative estimate of drug-likeness (QED) is 0.869. The third-order valence-corrected chi connectivity index (χ3v) is 3.36. The molecule has 1 atom stereocenters. The molecule has 3 rings (SSSR count). The topological polar surface area (TPSA) is 50.1 Å². The van der Waals surface area contributed by atoms with Crippen molar-refractivity contribution in [1.29, 1.82) is 0 Å². The molecule has 0 amide bonds. The maximum atomic E-state index is 12.9. The molecule has 1 heterocycles. The minimum atomic E-state index is -0.269. The maximum absolute atomic E-state index is 12.9. The highest BCUT2D eigenvalue weighted by Gasteiger charge is 2.27. The minimum absolute atomic E-state index is 0.0320. The number of hydrogen-bond acceptors (Lipinski definition) is 3. The molecular formula is C14H16FN3O. The number of aliphatic hydroxyl groups excluding tert-OH is 1. The Morgan fingerprint density at radius 2 is 2.11 bits per heavy atom. The largest absolute Gasteiger partial charge is 0.394 e. The van der Waals surface area contributed by atoms with E-state index in [0.29, 0.717) is 6.04 Å². The number of aromatic nitrogens is 2. The van der Waals surface area contributed by atoms with Gasteiger partial charge in [0, 0.05) is 11.7 Å². The molecule has 1 aliphatic rings. The molecule has 2 N–H and O–H groups in total. The van der Waals surface area contributed by atoms with E-state index in [9.17, 15) is 9.50 Å². The number of aliphatic hydroxyl groups is 1. The Morgan fingerprint density at radius 3 is 2.74 bits per heavy atom. The fraction of sp³-hybridized carbons (Fsp3) is 0.357. The Morgan fingerprint density at radius 1 is 1.37 bits per heavy atom. The first-order valence-electron chi connectivity index (χ1n) is 6.42. The van der Waals surface area contributed by atoms with Crippen molar-refractivity contribution in [2.45, 2.75) is 24.9 Å². The third kappa shape index (κ3) is 2.61. The first-order valence-corrected chi connectivity index (χ1v) is 6.42. The normalized spacial score (nSPS) is 16.3. The SMILES string of the molecule is OCC(Nc1ccc(F)cc1)c1cncn1C1CC1. The molecule has 0 radical (unpaired) electrons. The van der Waals surface area contributed by atoms with E-state index in [2.05, 4.69) is 14.9 Å². The molecule has 1 aromatic heterocycles. The van der Waals surface area contributed by atoms with Gasteiger partial charge in [0.2, 0.25) is 0 Å². The average Bonchev–Trinajstić information content (AvgIpc) is 3.16. The van der Waals surface area contributed by atoms with Gasteiger partial charge in [-0.2, -0.15) is 0 Å². The highest BCUT2D eigenvalue weighted by atomic mass is 19.1.